The molecule has 0 aliphatic heterocycles. The summed E-state index contributed by atoms with van der Waals surface area (Å²) in [6.45, 7) is 7.92. The van der Waals surface area contributed by atoms with Crippen molar-refractivity contribution >= 4 is 49.5 Å². The normalized spacial score (nSPS) is 13.9. The first-order valence-electron chi connectivity index (χ1n) is 13.3. The van der Waals surface area contributed by atoms with Crippen LogP contribution in [0.1, 0.15) is 34.6 Å². The molecule has 3 aromatic heterocycles. The topological polar surface area (TPSA) is 34.6 Å². The van der Waals surface area contributed by atoms with Crippen molar-refractivity contribution in [3.8, 4) is 11.4 Å². The molecule has 0 atom stereocenters. The Bertz CT molecular complexity index is 2070. The van der Waals surface area contributed by atoms with Gasteiger partial charge in [0.1, 0.15) is 11.1 Å². The van der Waals surface area contributed by atoms with Gasteiger partial charge in [0.05, 0.1) is 7.05 Å². The second-order valence-corrected chi connectivity index (χ2v) is 10.8. The predicted molar refractivity (Wildman–Crippen MR) is 146 cm³/mol. The van der Waals surface area contributed by atoms with Gasteiger partial charge in [-0.2, -0.15) is 4.40 Å². The average Bonchev–Trinajstić information content (AvgIpc) is 3.52. The molecule has 7 aromatic rings. The van der Waals surface area contributed by atoms with Crippen LogP contribution in [0.3, 0.4) is 0 Å². The van der Waals surface area contributed by atoms with Gasteiger partial charge in [0.25, 0.3) is 0 Å². The van der Waals surface area contributed by atoms with Gasteiger partial charge in [-0.15, -0.1) is 0 Å². The molecule has 7 rings (SSSR count). The van der Waals surface area contributed by atoms with E-state index in [-0.39, 0.29) is 0 Å². The van der Waals surface area contributed by atoms with Gasteiger partial charge in [-0.05, 0) is 59.5 Å². The van der Waals surface area contributed by atoms with Crippen LogP contribution in [0.2, 0.25) is 0 Å². The van der Waals surface area contributed by atoms with E-state index in [0.29, 0.717) is 5.56 Å². The van der Waals surface area contributed by atoms with Crippen LogP contribution in [-0.4, -0.2) is 4.40 Å². The summed E-state index contributed by atoms with van der Waals surface area (Å²) in [5.74, 6) is 0.987. The van der Waals surface area contributed by atoms with E-state index in [4.69, 9.17) is 11.6 Å². The van der Waals surface area contributed by atoms with Crippen molar-refractivity contribution in [1.82, 2.24) is 4.40 Å². The zero-order valence-corrected chi connectivity index (χ0v) is 21.1. The van der Waals surface area contributed by atoms with E-state index in [1.807, 2.05) is 70.4 Å². The molecule has 178 valence electrons. The van der Waals surface area contributed by atoms with E-state index in [0.717, 1.165) is 66.5 Å². The monoisotopic (exact) mass is 475 g/mol. The number of hydrogen-bond acceptors (Lipinski definition) is 2. The van der Waals surface area contributed by atoms with Crippen LogP contribution in [0, 0.1) is 12.3 Å². The summed E-state index contributed by atoms with van der Waals surface area (Å²) in [6.07, 6.45) is 0.511. The first-order valence-corrected chi connectivity index (χ1v) is 12.3. The molecule has 36 heavy (non-hydrogen) atoms. The Hall–Kier alpha value is -4.05. The standard InChI is InChI=1S/C32H29N2O2/c1-19-10-14-23-22-15-13-21-12-11-20(17-32(2,3)4)16-24(21)29(22)36-30(23)28(19)31-33(5)18-27-34(31)25-8-6-7-9-26(25)35-27/h6-16,18H,17H2,1-5H3/q+1/i17D2. The fraction of sp³-hybridized carbons (Fsp3) is 0.219. The number of furan rings is 1. The lowest BCUT2D eigenvalue weighted by molar-refractivity contribution is -0.658. The number of benzene rings is 4. The summed E-state index contributed by atoms with van der Waals surface area (Å²) in [7, 11) is 2.03. The Labute approximate surface area is 212 Å². The van der Waals surface area contributed by atoms with Gasteiger partial charge in [0.2, 0.25) is 0 Å². The van der Waals surface area contributed by atoms with E-state index in [1.54, 1.807) is 0 Å². The highest BCUT2D eigenvalue weighted by Crippen LogP contribution is 2.41. The Balaban J connectivity index is 1.57. The number of para-hydroxylation sites is 2. The van der Waals surface area contributed by atoms with Crippen molar-refractivity contribution in [3.05, 3.63) is 84.1 Å². The Morgan fingerprint density at radius 1 is 0.889 bits per heavy atom. The van der Waals surface area contributed by atoms with E-state index in [1.165, 1.54) is 0 Å². The summed E-state index contributed by atoms with van der Waals surface area (Å²) in [4.78, 5) is 0. The van der Waals surface area contributed by atoms with Crippen LogP contribution in [0.25, 0.3) is 60.9 Å². The van der Waals surface area contributed by atoms with Gasteiger partial charge >= 0.3 is 11.5 Å². The summed E-state index contributed by atoms with van der Waals surface area (Å²) in [5.41, 5.74) is 6.45. The molecular formula is C32H29N2O2+. The van der Waals surface area contributed by atoms with Crippen molar-refractivity contribution in [2.24, 2.45) is 12.5 Å². The average molecular weight is 476 g/mol. The van der Waals surface area contributed by atoms with Crippen LogP contribution in [0.15, 0.2) is 81.8 Å². The highest BCUT2D eigenvalue weighted by atomic mass is 16.3. The Morgan fingerprint density at radius 3 is 2.47 bits per heavy atom. The van der Waals surface area contributed by atoms with Crippen molar-refractivity contribution in [1.29, 1.82) is 0 Å². The maximum absolute atomic E-state index is 8.84. The molecule has 0 fully saturated rings. The molecule has 4 nitrogen and oxygen atoms in total. The fourth-order valence-corrected chi connectivity index (χ4v) is 5.48. The summed E-state index contributed by atoms with van der Waals surface area (Å²) >= 11 is 0. The first-order chi connectivity index (χ1) is 18.1. The van der Waals surface area contributed by atoms with Crippen LogP contribution in [0.5, 0.6) is 0 Å². The molecule has 0 amide bonds. The van der Waals surface area contributed by atoms with Crippen molar-refractivity contribution in [2.45, 2.75) is 34.1 Å². The van der Waals surface area contributed by atoms with Crippen LogP contribution < -0.4 is 4.57 Å². The number of nitrogens with zero attached hydrogens (tertiary/aromatic N) is 2. The third kappa shape index (κ3) is 3.03. The molecule has 0 N–H and O–H groups in total. The highest BCUT2D eigenvalue weighted by molar-refractivity contribution is 6.17. The third-order valence-electron chi connectivity index (χ3n) is 6.97. The minimum Gasteiger partial charge on any atom is -0.454 e. The predicted octanol–water partition coefficient (Wildman–Crippen LogP) is 8.13. The van der Waals surface area contributed by atoms with E-state index < -0.39 is 11.8 Å². The second-order valence-electron chi connectivity index (χ2n) is 10.8. The fourth-order valence-electron chi connectivity index (χ4n) is 5.48. The summed E-state index contributed by atoms with van der Waals surface area (Å²) in [6, 6.07) is 22.4. The molecule has 4 aromatic carbocycles. The summed E-state index contributed by atoms with van der Waals surface area (Å²) < 4.78 is 34.8. The largest absolute Gasteiger partial charge is 0.454 e. The van der Waals surface area contributed by atoms with Gasteiger partial charge in [0.15, 0.2) is 22.9 Å². The zero-order chi connectivity index (χ0) is 26.6. The van der Waals surface area contributed by atoms with Crippen LogP contribution in [0.4, 0.5) is 0 Å². The highest BCUT2D eigenvalue weighted by Gasteiger charge is 2.29. The molecular weight excluding hydrogens is 444 g/mol. The minimum absolute atomic E-state index is 0.546. The smallest absolute Gasteiger partial charge is 0.336 e. The quantitative estimate of drug-likeness (QED) is 0.237. The Morgan fingerprint density at radius 2 is 1.64 bits per heavy atom. The van der Waals surface area contributed by atoms with Gasteiger partial charge in [-0.1, -0.05) is 63.2 Å². The maximum atomic E-state index is 8.84. The lowest BCUT2D eigenvalue weighted by Crippen LogP contribution is -2.28. The molecule has 0 saturated heterocycles. The molecule has 3 heterocycles. The summed E-state index contributed by atoms with van der Waals surface area (Å²) in [5, 5.41) is 4.01. The SMILES string of the molecule is [2H]C([2H])(c1ccc2ccc3c4ccc(C)c(-c5n6c(c[n+]5C)oc5ccccc56)c4oc3c2c1)C(C)(C)C. The molecule has 4 heteroatoms. The number of hydrogen-bond donors (Lipinski definition) is 0. The molecule has 0 unspecified atom stereocenters. The lowest BCUT2D eigenvalue weighted by atomic mass is 9.87. The van der Waals surface area contributed by atoms with Gasteiger partial charge in [0, 0.05) is 18.9 Å². The zero-order valence-electron chi connectivity index (χ0n) is 23.1. The second kappa shape index (κ2) is 7.23. The molecule has 0 spiro atoms. The van der Waals surface area contributed by atoms with Crippen LogP contribution in [-0.2, 0) is 13.4 Å². The number of imidazole rings is 1. The van der Waals surface area contributed by atoms with E-state index >= 15 is 0 Å². The van der Waals surface area contributed by atoms with Gasteiger partial charge < -0.3 is 8.83 Å². The van der Waals surface area contributed by atoms with Gasteiger partial charge in [-0.25, -0.2) is 4.57 Å². The molecule has 0 aliphatic rings. The number of fused-ring (bicyclic) bond motifs is 8. The molecule has 0 saturated carbocycles. The van der Waals surface area contributed by atoms with E-state index in [2.05, 4.69) is 46.2 Å². The van der Waals surface area contributed by atoms with Gasteiger partial charge in [-0.3, -0.25) is 0 Å². The third-order valence-corrected chi connectivity index (χ3v) is 6.97. The Kier molecular flexibility index (Phi) is 3.85. The number of aryl methyl sites for hydroxylation is 2. The van der Waals surface area contributed by atoms with Crippen molar-refractivity contribution < 1.29 is 16.1 Å². The number of oxazole rings is 1. The lowest BCUT2D eigenvalue weighted by Gasteiger charge is -2.18. The minimum atomic E-state index is -1.50. The molecule has 0 bridgehead atoms. The van der Waals surface area contributed by atoms with E-state index in [9.17, 15) is 0 Å². The maximum Gasteiger partial charge on any atom is 0.336 e. The first kappa shape index (κ1) is 19.2. The molecule has 0 radical (unpaired) electrons. The number of aromatic nitrogens is 2. The van der Waals surface area contributed by atoms with Crippen LogP contribution >= 0.6 is 0 Å². The van der Waals surface area contributed by atoms with Crippen molar-refractivity contribution in [3.63, 3.8) is 0 Å². The molecule has 0 aliphatic carbocycles. The van der Waals surface area contributed by atoms with Crippen molar-refractivity contribution in [2.75, 3.05) is 0 Å². The number of rotatable bonds is 2.